The van der Waals surface area contributed by atoms with Crippen molar-refractivity contribution >= 4 is 39.5 Å². The maximum Gasteiger partial charge on any atom is 0.472 e. The number of aliphatic hydroxyl groups excluding tert-OH is 1. The van der Waals surface area contributed by atoms with Gasteiger partial charge in [-0.3, -0.25) is 37.3 Å². The summed E-state index contributed by atoms with van der Waals surface area (Å²) in [5.74, 6) is 0.978. The van der Waals surface area contributed by atoms with Crippen molar-refractivity contribution in [2.24, 2.45) is 23.7 Å². The van der Waals surface area contributed by atoms with E-state index >= 15 is 0 Å². The SMILES string of the molecule is CC(C)CCCCCCCCCCCCCCCCCCCCC(=O)O[C@H](COC(=O)CCCCCCCCCCCC(C)C)COP(=O)(O)OCC(O)COP(=O)(O)OC[C@@H](COC(=O)CCCCCCCCCC(C)C)OC(=O)CCCCCCCCCCCCCCCCCCCCC(C)C. The van der Waals surface area contributed by atoms with Gasteiger partial charge in [-0.2, -0.15) is 0 Å². The van der Waals surface area contributed by atoms with Crippen molar-refractivity contribution in [3.05, 3.63) is 0 Å². The first-order chi connectivity index (χ1) is 50.1. The number of phosphoric acid groups is 2. The van der Waals surface area contributed by atoms with Crippen LogP contribution < -0.4 is 0 Å². The number of carbonyl (C=O) groups is 4. The third-order valence-corrected chi connectivity index (χ3v) is 21.7. The van der Waals surface area contributed by atoms with Crippen molar-refractivity contribution in [1.82, 2.24) is 0 Å². The number of ether oxygens (including phenoxy) is 4. The van der Waals surface area contributed by atoms with Crippen LogP contribution in [0.4, 0.5) is 0 Å². The second-order valence-corrected chi connectivity index (χ2v) is 35.4. The van der Waals surface area contributed by atoms with E-state index in [2.05, 4.69) is 55.4 Å². The minimum absolute atomic E-state index is 0.107. The zero-order chi connectivity index (χ0) is 76.7. The zero-order valence-electron chi connectivity index (χ0n) is 68.7. The third kappa shape index (κ3) is 78.2. The molecule has 0 bridgehead atoms. The lowest BCUT2D eigenvalue weighted by molar-refractivity contribution is -0.161. The van der Waals surface area contributed by atoms with E-state index in [0.717, 1.165) is 114 Å². The Hall–Kier alpha value is -1.94. The molecular weight excluding hydrogens is 1350 g/mol. The van der Waals surface area contributed by atoms with Gasteiger partial charge in [0.1, 0.15) is 19.3 Å². The van der Waals surface area contributed by atoms with Gasteiger partial charge in [0.2, 0.25) is 0 Å². The van der Waals surface area contributed by atoms with Crippen LogP contribution in [0.1, 0.15) is 441 Å². The number of esters is 4. The lowest BCUT2D eigenvalue weighted by atomic mass is 10.0. The number of rotatable bonds is 82. The molecule has 0 spiro atoms. The minimum atomic E-state index is -4.96. The van der Waals surface area contributed by atoms with Crippen LogP contribution in [0.2, 0.25) is 0 Å². The van der Waals surface area contributed by atoms with Crippen molar-refractivity contribution in [1.29, 1.82) is 0 Å². The number of hydrogen-bond acceptors (Lipinski definition) is 15. The predicted octanol–water partition coefficient (Wildman–Crippen LogP) is 25.6. The Morgan fingerprint density at radius 2 is 0.404 bits per heavy atom. The number of aliphatic hydroxyl groups is 1. The molecule has 3 unspecified atom stereocenters. The van der Waals surface area contributed by atoms with E-state index in [0.29, 0.717) is 31.6 Å². The van der Waals surface area contributed by atoms with E-state index in [1.54, 1.807) is 0 Å². The summed E-state index contributed by atoms with van der Waals surface area (Å²) in [6.45, 7) is 14.3. The van der Waals surface area contributed by atoms with E-state index in [1.807, 2.05) is 0 Å². The van der Waals surface area contributed by atoms with Crippen LogP contribution in [-0.4, -0.2) is 96.7 Å². The predicted molar refractivity (Wildman–Crippen MR) is 428 cm³/mol. The first-order valence-electron chi connectivity index (χ1n) is 43.7. The summed E-state index contributed by atoms with van der Waals surface area (Å²) in [5, 5.41) is 10.7. The molecule has 0 aliphatic carbocycles. The molecule has 0 saturated heterocycles. The number of carbonyl (C=O) groups excluding carboxylic acids is 4. The van der Waals surface area contributed by atoms with Crippen LogP contribution in [0, 0.1) is 23.7 Å². The average molecular weight is 1520 g/mol. The topological polar surface area (TPSA) is 237 Å². The maximum absolute atomic E-state index is 13.1. The highest BCUT2D eigenvalue weighted by Gasteiger charge is 2.30. The quantitative estimate of drug-likeness (QED) is 0.0222. The average Bonchev–Trinajstić information content (AvgIpc) is 0.912. The molecule has 104 heavy (non-hydrogen) atoms. The van der Waals surface area contributed by atoms with Crippen molar-refractivity contribution in [3.8, 4) is 0 Å². The lowest BCUT2D eigenvalue weighted by Gasteiger charge is -2.21. The molecule has 618 valence electrons. The molecule has 19 heteroatoms. The van der Waals surface area contributed by atoms with Gasteiger partial charge in [0, 0.05) is 25.7 Å². The highest BCUT2D eigenvalue weighted by molar-refractivity contribution is 7.47. The number of phosphoric ester groups is 2. The van der Waals surface area contributed by atoms with Crippen LogP contribution >= 0.6 is 15.6 Å². The standard InChI is InChI=1S/C85H166O17P2/c1-75(2)61-53-45-37-30-25-21-17-13-9-11-15-19-23-27-33-42-51-59-67-84(89)101-80(71-95-82(87)65-57-49-41-35-29-32-39-47-55-63-77(5)6)73-99-103(91,92)97-69-79(86)70-98-104(93,94)100-74-81(72-96-83(88)66-58-50-44-36-40-48-56-64-78(7)8)102-85(90)68-60-52-43-34-28-24-20-16-12-10-14-18-22-26-31-38-46-54-62-76(3)4/h75-81,86H,9-74H2,1-8H3,(H,91,92)(H,93,94)/t79?,80-,81-/m1/s1. The van der Waals surface area contributed by atoms with Gasteiger partial charge in [0.15, 0.2) is 12.2 Å². The Morgan fingerprint density at radius 3 is 0.596 bits per heavy atom. The summed E-state index contributed by atoms with van der Waals surface area (Å²) in [7, 11) is -9.93. The first kappa shape index (κ1) is 102. The molecular formula is C85H166O17P2. The molecule has 0 aliphatic rings. The summed E-state index contributed by atoms with van der Waals surface area (Å²) in [5.41, 5.74) is 0. The molecule has 5 atom stereocenters. The van der Waals surface area contributed by atoms with Crippen molar-refractivity contribution < 1.29 is 80.2 Å². The summed E-state index contributed by atoms with van der Waals surface area (Å²) in [4.78, 5) is 73.1. The van der Waals surface area contributed by atoms with Crippen LogP contribution in [0.25, 0.3) is 0 Å². The fourth-order valence-electron chi connectivity index (χ4n) is 13.1. The molecule has 0 rings (SSSR count). The van der Waals surface area contributed by atoms with Crippen LogP contribution in [0.5, 0.6) is 0 Å². The summed E-state index contributed by atoms with van der Waals surface area (Å²) < 4.78 is 68.8. The molecule has 3 N–H and O–H groups in total. The number of unbranched alkanes of at least 4 members (excludes halogenated alkanes) is 48. The second kappa shape index (κ2) is 73.8. The largest absolute Gasteiger partial charge is 0.472 e. The normalized spacial score (nSPS) is 14.0. The van der Waals surface area contributed by atoms with Crippen molar-refractivity contribution in [2.75, 3.05) is 39.6 Å². The molecule has 0 saturated carbocycles. The van der Waals surface area contributed by atoms with Crippen LogP contribution in [0.3, 0.4) is 0 Å². The summed E-state index contributed by atoms with van der Waals surface area (Å²) in [6, 6.07) is 0. The minimum Gasteiger partial charge on any atom is -0.462 e. The van der Waals surface area contributed by atoms with E-state index < -0.39 is 97.5 Å². The van der Waals surface area contributed by atoms with Gasteiger partial charge in [0.05, 0.1) is 26.4 Å². The smallest absolute Gasteiger partial charge is 0.462 e. The summed E-state index contributed by atoms with van der Waals surface area (Å²) >= 11 is 0. The molecule has 0 aromatic rings. The Balaban J connectivity index is 5.17. The fourth-order valence-corrected chi connectivity index (χ4v) is 14.7. The maximum atomic E-state index is 13.1. The van der Waals surface area contributed by atoms with Crippen molar-refractivity contribution in [3.63, 3.8) is 0 Å². The van der Waals surface area contributed by atoms with E-state index in [4.69, 9.17) is 37.0 Å². The summed E-state index contributed by atoms with van der Waals surface area (Å²) in [6.07, 6.45) is 62.7. The van der Waals surface area contributed by atoms with Gasteiger partial charge in [0.25, 0.3) is 0 Å². The Kier molecular flexibility index (Phi) is 72.5. The van der Waals surface area contributed by atoms with E-state index in [-0.39, 0.29) is 25.7 Å². The molecule has 0 aliphatic heterocycles. The van der Waals surface area contributed by atoms with Gasteiger partial charge < -0.3 is 33.8 Å². The first-order valence-corrected chi connectivity index (χ1v) is 46.7. The van der Waals surface area contributed by atoms with Crippen LogP contribution in [-0.2, 0) is 65.4 Å². The van der Waals surface area contributed by atoms with Gasteiger partial charge in [-0.15, -0.1) is 0 Å². The van der Waals surface area contributed by atoms with Gasteiger partial charge in [-0.25, -0.2) is 9.13 Å². The fraction of sp³-hybridized carbons (Fsp3) is 0.953. The second-order valence-electron chi connectivity index (χ2n) is 32.5. The van der Waals surface area contributed by atoms with Crippen LogP contribution in [0.15, 0.2) is 0 Å². The zero-order valence-corrected chi connectivity index (χ0v) is 70.5. The molecule has 0 amide bonds. The van der Waals surface area contributed by atoms with E-state index in [1.165, 1.54) is 238 Å². The lowest BCUT2D eigenvalue weighted by Crippen LogP contribution is -2.30. The highest BCUT2D eigenvalue weighted by Crippen LogP contribution is 2.45. The van der Waals surface area contributed by atoms with Gasteiger partial charge in [-0.05, 0) is 49.4 Å². The molecule has 17 nitrogen and oxygen atoms in total. The molecule has 0 radical (unpaired) electrons. The number of hydrogen-bond donors (Lipinski definition) is 3. The molecule has 0 aromatic heterocycles. The Labute approximate surface area is 638 Å². The highest BCUT2D eigenvalue weighted by atomic mass is 31.2. The monoisotopic (exact) mass is 1520 g/mol. The molecule has 0 fully saturated rings. The van der Waals surface area contributed by atoms with Gasteiger partial charge >= 0.3 is 39.5 Å². The Morgan fingerprint density at radius 1 is 0.240 bits per heavy atom. The van der Waals surface area contributed by atoms with Gasteiger partial charge in [-0.1, -0.05) is 389 Å². The Bertz CT molecular complexity index is 2020. The van der Waals surface area contributed by atoms with Crippen molar-refractivity contribution in [2.45, 2.75) is 459 Å². The van der Waals surface area contributed by atoms with E-state index in [9.17, 15) is 43.2 Å². The molecule has 0 aromatic carbocycles. The molecule has 0 heterocycles. The third-order valence-electron chi connectivity index (χ3n) is 19.8.